The fraction of sp³-hybridized carbons (Fsp3) is 0.500. The lowest BCUT2D eigenvalue weighted by molar-refractivity contribution is -0.117. The first-order valence-corrected chi connectivity index (χ1v) is 6.65. The van der Waals surface area contributed by atoms with Gasteiger partial charge in [-0.3, -0.25) is 4.79 Å². The third kappa shape index (κ3) is 4.35. The molecule has 0 aliphatic heterocycles. The molecule has 5 heteroatoms. The smallest absolute Gasteiger partial charge is 0.316 e. The van der Waals surface area contributed by atoms with Crippen LogP contribution in [0.1, 0.15) is 32.6 Å². The summed E-state index contributed by atoms with van der Waals surface area (Å²) >= 11 is 0. The number of nitrogens with one attached hydrogen (secondary N) is 1. The van der Waals surface area contributed by atoms with E-state index in [0.717, 1.165) is 25.7 Å². The topological polar surface area (TPSA) is 64.1 Å². The largest absolute Gasteiger partial charge is 0.460 e. The van der Waals surface area contributed by atoms with Gasteiger partial charge in [0.2, 0.25) is 5.91 Å². The zero-order valence-corrected chi connectivity index (χ0v) is 11.1. The Morgan fingerprint density at radius 2 is 2.00 bits per heavy atom. The minimum Gasteiger partial charge on any atom is -0.460 e. The van der Waals surface area contributed by atoms with Crippen LogP contribution in [0.25, 0.3) is 0 Å². The van der Waals surface area contributed by atoms with Gasteiger partial charge < -0.3 is 10.1 Å². The molecule has 5 nitrogen and oxygen atoms in total. The number of rotatable bonds is 4. The van der Waals surface area contributed by atoms with E-state index in [1.54, 1.807) is 30.6 Å². The number of hydrogen-bond donors (Lipinski definition) is 1. The summed E-state index contributed by atoms with van der Waals surface area (Å²) in [4.78, 5) is 19.5. The van der Waals surface area contributed by atoms with Crippen LogP contribution >= 0.6 is 0 Å². The van der Waals surface area contributed by atoms with E-state index >= 15 is 0 Å². The molecule has 1 aliphatic carbocycles. The average molecular weight is 261 g/mol. The van der Waals surface area contributed by atoms with Crippen LogP contribution < -0.4 is 10.1 Å². The van der Waals surface area contributed by atoms with E-state index in [1.165, 1.54) is 0 Å². The van der Waals surface area contributed by atoms with E-state index < -0.39 is 0 Å². The summed E-state index contributed by atoms with van der Waals surface area (Å²) in [5.41, 5.74) is 0. The highest BCUT2D eigenvalue weighted by Crippen LogP contribution is 2.21. The molecule has 0 saturated heterocycles. The van der Waals surface area contributed by atoms with Gasteiger partial charge in [0.1, 0.15) is 6.10 Å². The number of carbonyl (C=O) groups excluding carboxylic acids is 1. The van der Waals surface area contributed by atoms with E-state index in [-0.39, 0.29) is 18.1 Å². The SMILES string of the molecule is C/C=C/C(=O)NC1CCC(Oc2ncccn2)CC1. The Morgan fingerprint density at radius 3 is 2.63 bits per heavy atom. The van der Waals surface area contributed by atoms with Gasteiger partial charge in [-0.2, -0.15) is 0 Å². The van der Waals surface area contributed by atoms with E-state index in [4.69, 9.17) is 4.74 Å². The fourth-order valence-electron chi connectivity index (χ4n) is 2.22. The van der Waals surface area contributed by atoms with E-state index in [2.05, 4.69) is 15.3 Å². The molecule has 0 aromatic carbocycles. The number of ether oxygens (including phenoxy) is 1. The van der Waals surface area contributed by atoms with Crippen molar-refractivity contribution < 1.29 is 9.53 Å². The van der Waals surface area contributed by atoms with Crippen molar-refractivity contribution in [2.24, 2.45) is 0 Å². The predicted octanol–water partition coefficient (Wildman–Crippen LogP) is 1.86. The molecule has 1 aromatic heterocycles. The lowest BCUT2D eigenvalue weighted by atomic mass is 9.93. The van der Waals surface area contributed by atoms with Crippen LogP contribution in [0.5, 0.6) is 6.01 Å². The van der Waals surface area contributed by atoms with Crippen molar-refractivity contribution in [3.05, 3.63) is 30.6 Å². The summed E-state index contributed by atoms with van der Waals surface area (Å²) in [5, 5.41) is 2.99. The maximum absolute atomic E-state index is 11.4. The Labute approximate surface area is 113 Å². The number of amides is 1. The van der Waals surface area contributed by atoms with E-state index in [0.29, 0.717) is 6.01 Å². The summed E-state index contributed by atoms with van der Waals surface area (Å²) in [6, 6.07) is 2.45. The number of aromatic nitrogens is 2. The van der Waals surface area contributed by atoms with Crippen molar-refractivity contribution in [1.29, 1.82) is 0 Å². The summed E-state index contributed by atoms with van der Waals surface area (Å²) < 4.78 is 5.71. The molecule has 0 spiro atoms. The zero-order chi connectivity index (χ0) is 13.5. The molecule has 1 aliphatic rings. The third-order valence-corrected chi connectivity index (χ3v) is 3.15. The Kier molecular flexibility index (Phi) is 4.89. The van der Waals surface area contributed by atoms with Gasteiger partial charge in [-0.1, -0.05) is 6.08 Å². The summed E-state index contributed by atoms with van der Waals surface area (Å²) in [5.74, 6) is -0.0155. The Balaban J connectivity index is 1.75. The van der Waals surface area contributed by atoms with Crippen molar-refractivity contribution in [3.8, 4) is 6.01 Å². The molecule has 0 unspecified atom stereocenters. The minimum absolute atomic E-state index is 0.0155. The molecule has 1 N–H and O–H groups in total. The molecule has 19 heavy (non-hydrogen) atoms. The molecule has 1 heterocycles. The molecule has 2 rings (SSSR count). The van der Waals surface area contributed by atoms with Crippen LogP contribution in [0.3, 0.4) is 0 Å². The van der Waals surface area contributed by atoms with Crippen LogP contribution in [0.4, 0.5) is 0 Å². The highest BCUT2D eigenvalue weighted by atomic mass is 16.5. The van der Waals surface area contributed by atoms with Gasteiger partial charge in [0.15, 0.2) is 0 Å². The van der Waals surface area contributed by atoms with Crippen LogP contribution in [-0.4, -0.2) is 28.0 Å². The van der Waals surface area contributed by atoms with Gasteiger partial charge in [-0.05, 0) is 44.7 Å². The van der Waals surface area contributed by atoms with Crippen LogP contribution in [-0.2, 0) is 4.79 Å². The molecule has 1 aromatic rings. The van der Waals surface area contributed by atoms with Crippen molar-refractivity contribution in [1.82, 2.24) is 15.3 Å². The Hall–Kier alpha value is -1.91. The van der Waals surface area contributed by atoms with Gasteiger partial charge >= 0.3 is 6.01 Å². The second-order valence-corrected chi connectivity index (χ2v) is 4.63. The monoisotopic (exact) mass is 261 g/mol. The quantitative estimate of drug-likeness (QED) is 0.840. The number of carbonyl (C=O) groups is 1. The number of hydrogen-bond acceptors (Lipinski definition) is 4. The molecule has 1 fully saturated rings. The van der Waals surface area contributed by atoms with Gasteiger partial charge in [-0.25, -0.2) is 9.97 Å². The molecule has 1 amide bonds. The average Bonchev–Trinajstić information content (AvgIpc) is 2.42. The molecular formula is C14H19N3O2. The van der Waals surface area contributed by atoms with Crippen LogP contribution in [0.2, 0.25) is 0 Å². The van der Waals surface area contributed by atoms with Crippen LogP contribution in [0.15, 0.2) is 30.6 Å². The maximum atomic E-state index is 11.4. The molecule has 0 bridgehead atoms. The predicted molar refractivity (Wildman–Crippen MR) is 71.7 cm³/mol. The van der Waals surface area contributed by atoms with Gasteiger partial charge in [0.25, 0.3) is 0 Å². The number of nitrogens with zero attached hydrogens (tertiary/aromatic N) is 2. The highest BCUT2D eigenvalue weighted by Gasteiger charge is 2.23. The molecule has 0 atom stereocenters. The van der Waals surface area contributed by atoms with Gasteiger partial charge in [-0.15, -0.1) is 0 Å². The van der Waals surface area contributed by atoms with E-state index in [1.807, 2.05) is 6.92 Å². The standard InChI is InChI=1S/C14H19N3O2/c1-2-4-13(18)17-11-5-7-12(8-6-11)19-14-15-9-3-10-16-14/h2-4,9-12H,5-8H2,1H3,(H,17,18)/b4-2+. The van der Waals surface area contributed by atoms with Crippen molar-refractivity contribution >= 4 is 5.91 Å². The lowest BCUT2D eigenvalue weighted by Crippen LogP contribution is -2.39. The van der Waals surface area contributed by atoms with Gasteiger partial charge in [0, 0.05) is 18.4 Å². The fourth-order valence-corrected chi connectivity index (χ4v) is 2.22. The van der Waals surface area contributed by atoms with Crippen LogP contribution in [0, 0.1) is 0 Å². The summed E-state index contributed by atoms with van der Waals surface area (Å²) in [6.07, 6.45) is 10.5. The summed E-state index contributed by atoms with van der Waals surface area (Å²) in [7, 11) is 0. The molecule has 1 saturated carbocycles. The highest BCUT2D eigenvalue weighted by molar-refractivity contribution is 5.87. The first-order chi connectivity index (χ1) is 9.28. The molecule has 102 valence electrons. The second-order valence-electron chi connectivity index (χ2n) is 4.63. The van der Waals surface area contributed by atoms with Crippen molar-refractivity contribution in [2.75, 3.05) is 0 Å². The Bertz CT molecular complexity index is 426. The molecular weight excluding hydrogens is 242 g/mol. The van der Waals surface area contributed by atoms with E-state index in [9.17, 15) is 4.79 Å². The maximum Gasteiger partial charge on any atom is 0.316 e. The first kappa shape index (κ1) is 13.5. The lowest BCUT2D eigenvalue weighted by Gasteiger charge is -2.28. The Morgan fingerprint density at radius 1 is 1.32 bits per heavy atom. The summed E-state index contributed by atoms with van der Waals surface area (Å²) in [6.45, 7) is 1.84. The molecule has 0 radical (unpaired) electrons. The van der Waals surface area contributed by atoms with Gasteiger partial charge in [0.05, 0.1) is 0 Å². The van der Waals surface area contributed by atoms with Crippen molar-refractivity contribution in [3.63, 3.8) is 0 Å². The number of allylic oxidation sites excluding steroid dienone is 1. The van der Waals surface area contributed by atoms with Crippen molar-refractivity contribution in [2.45, 2.75) is 44.8 Å². The third-order valence-electron chi connectivity index (χ3n) is 3.15. The second kappa shape index (κ2) is 6.87. The zero-order valence-electron chi connectivity index (χ0n) is 11.1. The minimum atomic E-state index is -0.0155. The normalized spacial score (nSPS) is 23.2. The first-order valence-electron chi connectivity index (χ1n) is 6.65.